The lowest BCUT2D eigenvalue weighted by atomic mass is 10.1. The second-order valence-electron chi connectivity index (χ2n) is 6.46. The number of anilines is 1. The number of hydrogen-bond acceptors (Lipinski definition) is 5. The minimum atomic E-state index is -3.39. The van der Waals surface area contributed by atoms with E-state index in [1.165, 1.54) is 10.4 Å². The third kappa shape index (κ3) is 4.14. The number of hydrogen-bond donors (Lipinski definition) is 0. The third-order valence-corrected chi connectivity index (χ3v) is 5.85. The molecule has 0 radical (unpaired) electrons. The Labute approximate surface area is 162 Å². The molecular weight excluding hydrogens is 390 g/mol. The zero-order chi connectivity index (χ0) is 19.8. The lowest BCUT2D eigenvalue weighted by molar-refractivity contribution is 0.0474. The van der Waals surface area contributed by atoms with E-state index in [4.69, 9.17) is 16.3 Å². The van der Waals surface area contributed by atoms with E-state index in [9.17, 15) is 18.0 Å². The summed E-state index contributed by atoms with van der Waals surface area (Å²) in [5.74, 6) is -0.969. The maximum absolute atomic E-state index is 12.3. The summed E-state index contributed by atoms with van der Waals surface area (Å²) in [7, 11) is -3.39. The topological polar surface area (TPSA) is 80.8 Å². The first-order valence-corrected chi connectivity index (χ1v) is 10.5. The van der Waals surface area contributed by atoms with Crippen molar-refractivity contribution in [3.63, 3.8) is 0 Å². The van der Waals surface area contributed by atoms with Gasteiger partial charge in [0.05, 0.1) is 17.5 Å². The fraction of sp³-hybridized carbons (Fsp3) is 0.263. The molecule has 0 aliphatic carbocycles. The SMILES string of the molecule is C[C@H]1Cc2cc(C(=O)OCC(=O)c3ccc(Cl)cc3)ccc2N1S(C)(=O)=O. The number of rotatable bonds is 5. The van der Waals surface area contributed by atoms with Gasteiger partial charge in [-0.3, -0.25) is 9.10 Å². The van der Waals surface area contributed by atoms with Gasteiger partial charge >= 0.3 is 5.97 Å². The molecule has 8 heteroatoms. The number of ether oxygens (including phenoxy) is 1. The molecule has 1 heterocycles. The van der Waals surface area contributed by atoms with Crippen molar-refractivity contribution in [3.8, 4) is 0 Å². The van der Waals surface area contributed by atoms with Gasteiger partial charge < -0.3 is 4.74 Å². The summed E-state index contributed by atoms with van der Waals surface area (Å²) in [5.41, 5.74) is 2.00. The number of benzene rings is 2. The highest BCUT2D eigenvalue weighted by molar-refractivity contribution is 7.92. The molecule has 0 aromatic heterocycles. The van der Waals surface area contributed by atoms with E-state index >= 15 is 0 Å². The molecule has 0 amide bonds. The number of carbonyl (C=O) groups is 2. The molecule has 142 valence electrons. The molecule has 0 spiro atoms. The summed E-state index contributed by atoms with van der Waals surface area (Å²) in [4.78, 5) is 24.3. The minimum Gasteiger partial charge on any atom is -0.454 e. The van der Waals surface area contributed by atoms with Crippen molar-refractivity contribution in [2.24, 2.45) is 0 Å². The van der Waals surface area contributed by atoms with Crippen LogP contribution < -0.4 is 4.31 Å². The van der Waals surface area contributed by atoms with Crippen molar-refractivity contribution in [1.82, 2.24) is 0 Å². The zero-order valence-corrected chi connectivity index (χ0v) is 16.4. The van der Waals surface area contributed by atoms with Gasteiger partial charge in [0, 0.05) is 16.6 Å². The van der Waals surface area contributed by atoms with E-state index in [0.29, 0.717) is 22.7 Å². The van der Waals surface area contributed by atoms with Gasteiger partial charge in [-0.05, 0) is 61.4 Å². The Morgan fingerprint density at radius 1 is 1.15 bits per heavy atom. The fourth-order valence-electron chi connectivity index (χ4n) is 3.17. The van der Waals surface area contributed by atoms with Crippen molar-refractivity contribution in [2.75, 3.05) is 17.2 Å². The van der Waals surface area contributed by atoms with Crippen LogP contribution in [0.1, 0.15) is 33.2 Å². The predicted molar refractivity (Wildman–Crippen MR) is 103 cm³/mol. The lowest BCUT2D eigenvalue weighted by Gasteiger charge is -2.21. The molecule has 2 aromatic rings. The normalized spacial score (nSPS) is 16.1. The van der Waals surface area contributed by atoms with Crippen molar-refractivity contribution < 1.29 is 22.7 Å². The Bertz CT molecular complexity index is 1000. The van der Waals surface area contributed by atoms with Crippen LogP contribution in [-0.2, 0) is 21.2 Å². The summed E-state index contributed by atoms with van der Waals surface area (Å²) >= 11 is 5.78. The van der Waals surface area contributed by atoms with Crippen molar-refractivity contribution in [1.29, 1.82) is 0 Å². The number of halogens is 1. The Hall–Kier alpha value is -2.38. The fourth-order valence-corrected chi connectivity index (χ4v) is 4.56. The van der Waals surface area contributed by atoms with E-state index in [0.717, 1.165) is 11.8 Å². The Morgan fingerprint density at radius 2 is 1.78 bits per heavy atom. The lowest BCUT2D eigenvalue weighted by Crippen LogP contribution is -2.34. The van der Waals surface area contributed by atoms with Crippen LogP contribution in [0.5, 0.6) is 0 Å². The third-order valence-electron chi connectivity index (χ3n) is 4.33. The van der Waals surface area contributed by atoms with Gasteiger partial charge in [-0.2, -0.15) is 0 Å². The quantitative estimate of drug-likeness (QED) is 0.562. The number of fused-ring (bicyclic) bond motifs is 1. The zero-order valence-electron chi connectivity index (χ0n) is 14.8. The molecule has 1 aliphatic heterocycles. The summed E-state index contributed by atoms with van der Waals surface area (Å²) in [5, 5.41) is 0.513. The summed E-state index contributed by atoms with van der Waals surface area (Å²) < 4.78 is 30.3. The minimum absolute atomic E-state index is 0.215. The van der Waals surface area contributed by atoms with Gasteiger partial charge in [0.2, 0.25) is 10.0 Å². The van der Waals surface area contributed by atoms with Crippen molar-refractivity contribution >= 4 is 39.1 Å². The van der Waals surface area contributed by atoms with E-state index in [1.807, 2.05) is 6.92 Å². The highest BCUT2D eigenvalue weighted by Crippen LogP contribution is 2.34. The molecule has 0 saturated carbocycles. The average Bonchev–Trinajstić information content (AvgIpc) is 2.94. The number of ketones is 1. The number of carbonyl (C=O) groups excluding carboxylic acids is 2. The predicted octanol–water partition coefficient (Wildman–Crippen LogP) is 3.09. The first-order valence-electron chi connectivity index (χ1n) is 8.25. The van der Waals surface area contributed by atoms with Gasteiger partial charge in [-0.15, -0.1) is 0 Å². The monoisotopic (exact) mass is 407 g/mol. The second-order valence-corrected chi connectivity index (χ2v) is 8.76. The van der Waals surface area contributed by atoms with Crippen molar-refractivity contribution in [2.45, 2.75) is 19.4 Å². The Kier molecular flexibility index (Phi) is 5.26. The van der Waals surface area contributed by atoms with Crippen LogP contribution in [0.4, 0.5) is 5.69 Å². The van der Waals surface area contributed by atoms with Crippen LogP contribution in [0.2, 0.25) is 5.02 Å². The number of nitrogens with zero attached hydrogens (tertiary/aromatic N) is 1. The Morgan fingerprint density at radius 3 is 2.41 bits per heavy atom. The standard InChI is InChI=1S/C19H18ClNO5S/c1-12-9-15-10-14(5-8-17(15)21(12)27(2,24)25)19(23)26-11-18(22)13-3-6-16(20)7-4-13/h3-8,10,12H,9,11H2,1-2H3/t12-/m0/s1. The number of sulfonamides is 1. The first-order chi connectivity index (χ1) is 12.7. The molecule has 6 nitrogen and oxygen atoms in total. The first kappa shape index (κ1) is 19.4. The maximum Gasteiger partial charge on any atom is 0.338 e. The molecule has 0 saturated heterocycles. The van der Waals surface area contributed by atoms with E-state index in [2.05, 4.69) is 0 Å². The molecule has 1 aliphatic rings. The molecule has 0 unspecified atom stereocenters. The van der Waals surface area contributed by atoms with Gasteiger partial charge in [0.15, 0.2) is 12.4 Å². The molecule has 0 bridgehead atoms. The van der Waals surface area contributed by atoms with Crippen molar-refractivity contribution in [3.05, 3.63) is 64.2 Å². The smallest absolute Gasteiger partial charge is 0.338 e. The number of esters is 1. The van der Waals surface area contributed by atoms with Gasteiger partial charge in [0.1, 0.15) is 0 Å². The van der Waals surface area contributed by atoms with Crippen LogP contribution in [-0.4, -0.2) is 39.1 Å². The summed E-state index contributed by atoms with van der Waals surface area (Å²) in [6.45, 7) is 1.42. The molecule has 0 fully saturated rings. The van der Waals surface area contributed by atoms with E-state index < -0.39 is 16.0 Å². The largest absolute Gasteiger partial charge is 0.454 e. The van der Waals surface area contributed by atoms with E-state index in [-0.39, 0.29) is 24.0 Å². The molecule has 3 rings (SSSR count). The second kappa shape index (κ2) is 7.32. The number of Topliss-reactive ketones (excluding diaryl/α,β-unsaturated/α-hetero) is 1. The maximum atomic E-state index is 12.3. The van der Waals surface area contributed by atoms with Crippen LogP contribution >= 0.6 is 11.6 Å². The molecule has 0 N–H and O–H groups in total. The van der Waals surface area contributed by atoms with Crippen LogP contribution in [0.15, 0.2) is 42.5 Å². The van der Waals surface area contributed by atoms with Gasteiger partial charge in [-0.25, -0.2) is 13.2 Å². The Balaban J connectivity index is 1.71. The summed E-state index contributed by atoms with van der Waals surface area (Å²) in [6, 6.07) is 10.8. The molecule has 1 atom stereocenters. The molecular formula is C19H18ClNO5S. The van der Waals surface area contributed by atoms with Gasteiger partial charge in [-0.1, -0.05) is 11.6 Å². The highest BCUT2D eigenvalue weighted by Gasteiger charge is 2.32. The van der Waals surface area contributed by atoms with Gasteiger partial charge in [0.25, 0.3) is 0 Å². The van der Waals surface area contributed by atoms with Crippen LogP contribution in [0.3, 0.4) is 0 Å². The molecule has 2 aromatic carbocycles. The van der Waals surface area contributed by atoms with E-state index in [1.54, 1.807) is 36.4 Å². The van der Waals surface area contributed by atoms with Crippen LogP contribution in [0, 0.1) is 0 Å². The molecule has 27 heavy (non-hydrogen) atoms. The highest BCUT2D eigenvalue weighted by atomic mass is 35.5. The summed E-state index contributed by atoms with van der Waals surface area (Å²) in [6.07, 6.45) is 1.66. The van der Waals surface area contributed by atoms with Crippen LogP contribution in [0.25, 0.3) is 0 Å². The average molecular weight is 408 g/mol.